The zero-order chi connectivity index (χ0) is 16.3. The van der Waals surface area contributed by atoms with Crippen molar-refractivity contribution in [1.29, 1.82) is 0 Å². The third-order valence-electron chi connectivity index (χ3n) is 3.25. The third-order valence-corrected chi connectivity index (χ3v) is 3.25. The van der Waals surface area contributed by atoms with Crippen LogP contribution in [0.3, 0.4) is 0 Å². The summed E-state index contributed by atoms with van der Waals surface area (Å²) in [7, 11) is 1.42. The minimum atomic E-state index is -0.510. The second-order valence-electron chi connectivity index (χ2n) is 4.72. The highest BCUT2D eigenvalue weighted by atomic mass is 16.5. The number of amides is 2. The zero-order valence-electron chi connectivity index (χ0n) is 12.6. The Morgan fingerprint density at radius 2 is 2.14 bits per heavy atom. The molecule has 1 aliphatic heterocycles. The second-order valence-corrected chi connectivity index (χ2v) is 4.72. The van der Waals surface area contributed by atoms with E-state index >= 15 is 0 Å². The lowest BCUT2D eigenvalue weighted by Crippen LogP contribution is -2.48. The Morgan fingerprint density at radius 3 is 2.77 bits per heavy atom. The molecule has 7 nitrogen and oxygen atoms in total. The normalized spacial score (nSPS) is 17.6. The highest BCUT2D eigenvalue weighted by Gasteiger charge is 2.30. The minimum Gasteiger partial charge on any atom is -0.504 e. The fraction of sp³-hybridized carbons (Fsp3) is 0.333. The molecule has 0 saturated heterocycles. The predicted molar refractivity (Wildman–Crippen MR) is 79.3 cm³/mol. The molecule has 0 saturated carbocycles. The van der Waals surface area contributed by atoms with Crippen molar-refractivity contribution in [2.24, 2.45) is 0 Å². The smallest absolute Gasteiger partial charge is 0.338 e. The van der Waals surface area contributed by atoms with Crippen molar-refractivity contribution < 1.29 is 24.2 Å². The lowest BCUT2D eigenvalue weighted by atomic mass is 9.99. The van der Waals surface area contributed by atoms with Crippen LogP contribution < -0.4 is 15.4 Å². The summed E-state index contributed by atoms with van der Waals surface area (Å²) in [5.74, 6) is -0.295. The quantitative estimate of drug-likeness (QED) is 0.730. The van der Waals surface area contributed by atoms with Crippen LogP contribution in [0.5, 0.6) is 11.5 Å². The maximum atomic E-state index is 12.2. The van der Waals surface area contributed by atoms with Gasteiger partial charge in [0.15, 0.2) is 11.5 Å². The Labute approximate surface area is 127 Å². The monoisotopic (exact) mass is 306 g/mol. The summed E-state index contributed by atoms with van der Waals surface area (Å²) in [6, 6.07) is 3.65. The lowest BCUT2D eigenvalue weighted by molar-refractivity contribution is -0.138. The number of carbonyl (C=O) groups is 2. The average molecular weight is 306 g/mol. The van der Waals surface area contributed by atoms with Crippen molar-refractivity contribution >= 4 is 17.7 Å². The molecule has 1 aliphatic rings. The first-order chi connectivity index (χ1) is 10.5. The SMILES string of the molecule is CCOC(=O)C1=C(c2ccc(O)c(OC)c2)NC(=O)NC1C. The van der Waals surface area contributed by atoms with Gasteiger partial charge in [-0.3, -0.25) is 0 Å². The number of carbonyl (C=O) groups excluding carboxylic acids is 2. The van der Waals surface area contributed by atoms with Gasteiger partial charge in [0.2, 0.25) is 0 Å². The van der Waals surface area contributed by atoms with Crippen LogP contribution in [0.25, 0.3) is 5.70 Å². The Hall–Kier alpha value is -2.70. The highest BCUT2D eigenvalue weighted by Crippen LogP contribution is 2.31. The van der Waals surface area contributed by atoms with Crippen LogP contribution in [0.1, 0.15) is 19.4 Å². The van der Waals surface area contributed by atoms with Crippen LogP contribution in [0.15, 0.2) is 23.8 Å². The van der Waals surface area contributed by atoms with Gasteiger partial charge in [-0.15, -0.1) is 0 Å². The maximum Gasteiger partial charge on any atom is 0.338 e. The molecule has 0 radical (unpaired) electrons. The zero-order valence-corrected chi connectivity index (χ0v) is 12.6. The molecule has 1 unspecified atom stereocenters. The van der Waals surface area contributed by atoms with Gasteiger partial charge in [-0.1, -0.05) is 0 Å². The maximum absolute atomic E-state index is 12.2. The fourth-order valence-corrected chi connectivity index (χ4v) is 2.25. The number of nitrogens with one attached hydrogen (secondary N) is 2. The molecule has 22 heavy (non-hydrogen) atoms. The van der Waals surface area contributed by atoms with Gasteiger partial charge in [0.1, 0.15) is 0 Å². The van der Waals surface area contributed by atoms with Gasteiger partial charge in [-0.05, 0) is 32.0 Å². The molecular weight excluding hydrogens is 288 g/mol. The van der Waals surface area contributed by atoms with Crippen molar-refractivity contribution in [3.63, 3.8) is 0 Å². The first kappa shape index (κ1) is 15.7. The number of ether oxygens (including phenoxy) is 2. The Bertz CT molecular complexity index is 639. The van der Waals surface area contributed by atoms with Gasteiger partial charge >= 0.3 is 12.0 Å². The summed E-state index contributed by atoms with van der Waals surface area (Å²) < 4.78 is 10.1. The number of rotatable bonds is 4. The minimum absolute atomic E-state index is 0.0298. The van der Waals surface area contributed by atoms with Crippen LogP contribution in [-0.4, -0.2) is 36.9 Å². The largest absolute Gasteiger partial charge is 0.504 e. The summed E-state index contributed by atoms with van der Waals surface area (Å²) in [5.41, 5.74) is 1.20. The van der Waals surface area contributed by atoms with E-state index in [-0.39, 0.29) is 18.1 Å². The van der Waals surface area contributed by atoms with Crippen LogP contribution in [0.4, 0.5) is 4.79 Å². The number of aromatic hydroxyl groups is 1. The van der Waals surface area contributed by atoms with E-state index in [1.165, 1.54) is 13.2 Å². The Morgan fingerprint density at radius 1 is 1.41 bits per heavy atom. The molecule has 0 spiro atoms. The van der Waals surface area contributed by atoms with Gasteiger partial charge in [0.05, 0.1) is 31.0 Å². The molecular formula is C15H18N2O5. The van der Waals surface area contributed by atoms with Crippen molar-refractivity contribution in [2.75, 3.05) is 13.7 Å². The Kier molecular flexibility index (Phi) is 4.55. The number of hydrogen-bond acceptors (Lipinski definition) is 5. The van der Waals surface area contributed by atoms with E-state index in [9.17, 15) is 14.7 Å². The highest BCUT2D eigenvalue weighted by molar-refractivity contribution is 6.04. The molecule has 1 heterocycles. The first-order valence-electron chi connectivity index (χ1n) is 6.84. The van der Waals surface area contributed by atoms with E-state index in [1.807, 2.05) is 0 Å². The number of phenolic OH excluding ortho intramolecular Hbond substituents is 1. The summed E-state index contributed by atoms with van der Waals surface area (Å²) in [6.07, 6.45) is 0. The van der Waals surface area contributed by atoms with E-state index in [0.29, 0.717) is 16.8 Å². The molecule has 2 amide bonds. The summed E-state index contributed by atoms with van der Waals surface area (Å²) in [5, 5.41) is 14.9. The van der Waals surface area contributed by atoms with Crippen molar-refractivity contribution in [1.82, 2.24) is 10.6 Å². The van der Waals surface area contributed by atoms with Crippen LogP contribution in [-0.2, 0) is 9.53 Å². The number of hydrogen-bond donors (Lipinski definition) is 3. The summed E-state index contributed by atoms with van der Waals surface area (Å²) in [4.78, 5) is 23.9. The summed E-state index contributed by atoms with van der Waals surface area (Å²) >= 11 is 0. The average Bonchev–Trinajstić information content (AvgIpc) is 2.47. The van der Waals surface area contributed by atoms with Crippen molar-refractivity contribution in [3.05, 3.63) is 29.3 Å². The molecule has 7 heteroatoms. The van der Waals surface area contributed by atoms with E-state index < -0.39 is 18.0 Å². The van der Waals surface area contributed by atoms with E-state index in [2.05, 4.69) is 10.6 Å². The van der Waals surface area contributed by atoms with Gasteiger partial charge in [0, 0.05) is 5.56 Å². The molecule has 2 rings (SSSR count). The molecule has 0 fully saturated rings. The molecule has 1 atom stereocenters. The second kappa shape index (κ2) is 6.38. The van der Waals surface area contributed by atoms with Crippen LogP contribution >= 0.6 is 0 Å². The van der Waals surface area contributed by atoms with Gasteiger partial charge in [-0.2, -0.15) is 0 Å². The number of benzene rings is 1. The molecule has 0 aliphatic carbocycles. The van der Waals surface area contributed by atoms with E-state index in [0.717, 1.165) is 0 Å². The van der Waals surface area contributed by atoms with Crippen LogP contribution in [0.2, 0.25) is 0 Å². The molecule has 0 bridgehead atoms. The summed E-state index contributed by atoms with van der Waals surface area (Å²) in [6.45, 7) is 3.64. The van der Waals surface area contributed by atoms with Crippen molar-refractivity contribution in [2.45, 2.75) is 19.9 Å². The lowest BCUT2D eigenvalue weighted by Gasteiger charge is -2.27. The molecule has 1 aromatic carbocycles. The molecule has 0 aromatic heterocycles. The first-order valence-corrected chi connectivity index (χ1v) is 6.84. The number of phenols is 1. The molecule has 118 valence electrons. The fourth-order valence-electron chi connectivity index (χ4n) is 2.25. The van der Waals surface area contributed by atoms with Gasteiger partial charge in [0.25, 0.3) is 0 Å². The van der Waals surface area contributed by atoms with Crippen molar-refractivity contribution in [3.8, 4) is 11.5 Å². The Balaban J connectivity index is 2.56. The predicted octanol–water partition coefficient (Wildman–Crippen LogP) is 1.38. The van der Waals surface area contributed by atoms with E-state index in [1.54, 1.807) is 26.0 Å². The third kappa shape index (κ3) is 2.98. The topological polar surface area (TPSA) is 96.9 Å². The van der Waals surface area contributed by atoms with Gasteiger partial charge < -0.3 is 25.2 Å². The van der Waals surface area contributed by atoms with Gasteiger partial charge in [-0.25, -0.2) is 9.59 Å². The molecule has 1 aromatic rings. The molecule has 3 N–H and O–H groups in total. The van der Waals surface area contributed by atoms with Crippen LogP contribution in [0, 0.1) is 0 Å². The standard InChI is InChI=1S/C15H18N2O5/c1-4-22-14(19)12-8(2)16-15(20)17-13(12)9-5-6-10(18)11(7-9)21-3/h5-8,18H,4H2,1-3H3,(H2,16,17,20). The van der Waals surface area contributed by atoms with E-state index in [4.69, 9.17) is 9.47 Å². The number of urea groups is 1. The number of methoxy groups -OCH3 is 1. The number of esters is 1.